The molecule has 0 atom stereocenters. The van der Waals surface area contributed by atoms with Crippen LogP contribution in [0.1, 0.15) is 0 Å². The van der Waals surface area contributed by atoms with E-state index in [-0.39, 0.29) is 0 Å². The first-order chi connectivity index (χ1) is 5.33. The van der Waals surface area contributed by atoms with E-state index in [9.17, 15) is 0 Å². The molecule has 1 aromatic carbocycles. The van der Waals surface area contributed by atoms with Gasteiger partial charge in [-0.25, -0.2) is 0 Å². The fourth-order valence-electron chi connectivity index (χ4n) is 0.667. The summed E-state index contributed by atoms with van der Waals surface area (Å²) in [4.78, 5) is 0.915. The molecule has 0 N–H and O–H groups in total. The molecule has 0 fully saturated rings. The molecule has 0 aliphatic carbocycles. The molecule has 0 saturated heterocycles. The van der Waals surface area contributed by atoms with Crippen LogP contribution in [0.5, 0.6) is 5.75 Å². The molecule has 1 rings (SSSR count). The first-order valence-corrected chi connectivity index (χ1v) is 3.63. The average Bonchev–Trinajstić information content (AvgIpc) is 2.04. The average molecular weight is 164 g/mol. The van der Waals surface area contributed by atoms with Gasteiger partial charge >= 0.3 is 0 Å². The first kappa shape index (κ1) is 8.03. The van der Waals surface area contributed by atoms with E-state index in [1.807, 2.05) is 24.3 Å². The van der Waals surface area contributed by atoms with E-state index in [4.69, 9.17) is 11.2 Å². The summed E-state index contributed by atoms with van der Waals surface area (Å²) in [5, 5.41) is 0. The quantitative estimate of drug-likeness (QED) is 0.519. The van der Waals surface area contributed by atoms with Crippen molar-refractivity contribution in [1.29, 1.82) is 0 Å². The van der Waals surface area contributed by atoms with Crippen molar-refractivity contribution < 1.29 is 4.74 Å². The molecule has 0 heterocycles. The molecule has 0 aliphatic heterocycles. The van der Waals surface area contributed by atoms with Crippen LogP contribution in [0.15, 0.2) is 29.2 Å². The SMILES string of the molecule is C#CCOc1ccc(S)cc1. The zero-order chi connectivity index (χ0) is 8.10. The van der Waals surface area contributed by atoms with Crippen LogP contribution in [0, 0.1) is 12.3 Å². The number of rotatable bonds is 2. The van der Waals surface area contributed by atoms with Gasteiger partial charge < -0.3 is 4.74 Å². The molecule has 0 unspecified atom stereocenters. The molecule has 11 heavy (non-hydrogen) atoms. The van der Waals surface area contributed by atoms with Crippen LogP contribution >= 0.6 is 12.6 Å². The lowest BCUT2D eigenvalue weighted by molar-refractivity contribution is 0.370. The van der Waals surface area contributed by atoms with Crippen molar-refractivity contribution in [2.75, 3.05) is 6.61 Å². The fourth-order valence-corrected chi connectivity index (χ4v) is 0.816. The Morgan fingerprint density at radius 1 is 1.36 bits per heavy atom. The van der Waals surface area contributed by atoms with Gasteiger partial charge in [0.05, 0.1) is 0 Å². The Morgan fingerprint density at radius 2 is 2.00 bits per heavy atom. The maximum atomic E-state index is 5.14. The largest absolute Gasteiger partial charge is 0.481 e. The molecular formula is C9H8OS. The van der Waals surface area contributed by atoms with Gasteiger partial charge in [0.2, 0.25) is 0 Å². The minimum absolute atomic E-state index is 0.311. The van der Waals surface area contributed by atoms with Crippen LogP contribution in [0.4, 0.5) is 0 Å². The summed E-state index contributed by atoms with van der Waals surface area (Å²) < 4.78 is 5.14. The van der Waals surface area contributed by atoms with E-state index in [1.165, 1.54) is 0 Å². The third-order valence-corrected chi connectivity index (χ3v) is 1.46. The molecule has 0 amide bonds. The Bertz CT molecular complexity index is 258. The van der Waals surface area contributed by atoms with Gasteiger partial charge in [-0.2, -0.15) is 0 Å². The van der Waals surface area contributed by atoms with E-state index >= 15 is 0 Å². The molecule has 1 aromatic rings. The Hall–Kier alpha value is -1.07. The normalized spacial score (nSPS) is 8.73. The highest BCUT2D eigenvalue weighted by Crippen LogP contribution is 2.13. The third kappa shape index (κ3) is 2.57. The first-order valence-electron chi connectivity index (χ1n) is 3.18. The van der Waals surface area contributed by atoms with Crippen molar-refractivity contribution in [2.45, 2.75) is 4.90 Å². The number of thiol groups is 1. The van der Waals surface area contributed by atoms with Gasteiger partial charge in [-0.15, -0.1) is 19.1 Å². The summed E-state index contributed by atoms with van der Waals surface area (Å²) in [6.07, 6.45) is 5.02. The monoisotopic (exact) mass is 164 g/mol. The highest BCUT2D eigenvalue weighted by molar-refractivity contribution is 7.80. The molecule has 0 spiro atoms. The number of benzene rings is 1. The van der Waals surface area contributed by atoms with Gasteiger partial charge in [0.25, 0.3) is 0 Å². The number of hydrogen-bond acceptors (Lipinski definition) is 2. The number of hydrogen-bond donors (Lipinski definition) is 1. The van der Waals surface area contributed by atoms with E-state index < -0.39 is 0 Å². The van der Waals surface area contributed by atoms with E-state index in [0.29, 0.717) is 6.61 Å². The van der Waals surface area contributed by atoms with Gasteiger partial charge in [0, 0.05) is 4.90 Å². The summed E-state index contributed by atoms with van der Waals surface area (Å²) in [5.41, 5.74) is 0. The summed E-state index contributed by atoms with van der Waals surface area (Å²) in [7, 11) is 0. The predicted octanol–water partition coefficient (Wildman–Crippen LogP) is 1.99. The van der Waals surface area contributed by atoms with Crippen molar-refractivity contribution >= 4 is 12.6 Å². The lowest BCUT2D eigenvalue weighted by atomic mass is 10.3. The van der Waals surface area contributed by atoms with E-state index in [1.54, 1.807) is 0 Å². The van der Waals surface area contributed by atoms with Crippen LogP contribution in [0.2, 0.25) is 0 Å². The molecule has 0 bridgehead atoms. The molecule has 1 nitrogen and oxygen atoms in total. The zero-order valence-electron chi connectivity index (χ0n) is 5.95. The third-order valence-electron chi connectivity index (χ3n) is 1.16. The van der Waals surface area contributed by atoms with Crippen LogP contribution in [-0.2, 0) is 0 Å². The maximum Gasteiger partial charge on any atom is 0.148 e. The van der Waals surface area contributed by atoms with Crippen LogP contribution in [-0.4, -0.2) is 6.61 Å². The van der Waals surface area contributed by atoms with Gasteiger partial charge in [0.1, 0.15) is 12.4 Å². The van der Waals surface area contributed by atoms with Gasteiger partial charge in [0.15, 0.2) is 0 Å². The Labute approximate surface area is 71.8 Å². The Balaban J connectivity index is 2.60. The summed E-state index contributed by atoms with van der Waals surface area (Å²) in [5.74, 6) is 3.17. The summed E-state index contributed by atoms with van der Waals surface area (Å²) in [6, 6.07) is 7.38. The summed E-state index contributed by atoms with van der Waals surface area (Å²) in [6.45, 7) is 0.311. The second kappa shape index (κ2) is 3.95. The highest BCUT2D eigenvalue weighted by atomic mass is 32.1. The lowest BCUT2D eigenvalue weighted by Crippen LogP contribution is -1.92. The van der Waals surface area contributed by atoms with Gasteiger partial charge in [-0.05, 0) is 24.3 Å². The molecule has 0 saturated carbocycles. The van der Waals surface area contributed by atoms with Crippen molar-refractivity contribution in [2.24, 2.45) is 0 Å². The zero-order valence-corrected chi connectivity index (χ0v) is 6.84. The standard InChI is InChI=1S/C9H8OS/c1-2-7-10-8-3-5-9(11)6-4-8/h1,3-6,11H,7H2. The lowest BCUT2D eigenvalue weighted by Gasteiger charge is -2.00. The van der Waals surface area contributed by atoms with Crippen molar-refractivity contribution in [1.82, 2.24) is 0 Å². The fraction of sp³-hybridized carbons (Fsp3) is 0.111. The molecule has 2 heteroatoms. The smallest absolute Gasteiger partial charge is 0.148 e. The Morgan fingerprint density at radius 3 is 2.55 bits per heavy atom. The second-order valence-electron chi connectivity index (χ2n) is 1.99. The van der Waals surface area contributed by atoms with Crippen molar-refractivity contribution in [3.63, 3.8) is 0 Å². The van der Waals surface area contributed by atoms with Crippen LogP contribution < -0.4 is 4.74 Å². The molecule has 56 valence electrons. The molecule has 0 radical (unpaired) electrons. The maximum absolute atomic E-state index is 5.14. The number of ether oxygens (including phenoxy) is 1. The van der Waals surface area contributed by atoms with E-state index in [0.717, 1.165) is 10.6 Å². The molecule has 0 aromatic heterocycles. The van der Waals surface area contributed by atoms with Crippen molar-refractivity contribution in [3.8, 4) is 18.1 Å². The van der Waals surface area contributed by atoms with Gasteiger partial charge in [-0.3, -0.25) is 0 Å². The van der Waals surface area contributed by atoms with Crippen molar-refractivity contribution in [3.05, 3.63) is 24.3 Å². The predicted molar refractivity (Wildman–Crippen MR) is 48.0 cm³/mol. The van der Waals surface area contributed by atoms with Gasteiger partial charge in [-0.1, -0.05) is 5.92 Å². The summed E-state index contributed by atoms with van der Waals surface area (Å²) >= 11 is 4.13. The highest BCUT2D eigenvalue weighted by Gasteiger charge is 1.89. The minimum Gasteiger partial charge on any atom is -0.481 e. The molecular weight excluding hydrogens is 156 g/mol. The molecule has 0 aliphatic rings. The Kier molecular flexibility index (Phi) is 2.88. The minimum atomic E-state index is 0.311. The van der Waals surface area contributed by atoms with E-state index in [2.05, 4.69) is 18.5 Å². The topological polar surface area (TPSA) is 9.23 Å². The second-order valence-corrected chi connectivity index (χ2v) is 2.50. The number of terminal acetylenes is 1. The van der Waals surface area contributed by atoms with Crippen LogP contribution in [0.3, 0.4) is 0 Å². The van der Waals surface area contributed by atoms with Crippen LogP contribution in [0.25, 0.3) is 0 Å².